The first-order valence-electron chi connectivity index (χ1n) is 4.74. The number of hydrogen-bond donors (Lipinski definition) is 4. The molecular formula is C9H15N3O5. The lowest BCUT2D eigenvalue weighted by molar-refractivity contribution is -0.138. The molecular weight excluding hydrogens is 230 g/mol. The summed E-state index contributed by atoms with van der Waals surface area (Å²) < 4.78 is 4.54. The monoisotopic (exact) mass is 245 g/mol. The Morgan fingerprint density at radius 3 is 2.59 bits per heavy atom. The van der Waals surface area contributed by atoms with Crippen LogP contribution in [0.5, 0.6) is 0 Å². The molecule has 0 aromatic carbocycles. The van der Waals surface area contributed by atoms with Gasteiger partial charge in [0.15, 0.2) is 0 Å². The van der Waals surface area contributed by atoms with Gasteiger partial charge in [-0.1, -0.05) is 12.7 Å². The van der Waals surface area contributed by atoms with Crippen molar-refractivity contribution in [3.63, 3.8) is 0 Å². The number of carbonyl (C=O) groups excluding carboxylic acids is 2. The first-order valence-corrected chi connectivity index (χ1v) is 4.74. The molecule has 0 fully saturated rings. The Balaban J connectivity index is 3.69. The van der Waals surface area contributed by atoms with Crippen LogP contribution in [-0.4, -0.2) is 48.8 Å². The zero-order valence-electron chi connectivity index (χ0n) is 9.14. The Hall–Kier alpha value is -2.09. The maximum atomic E-state index is 11.1. The number of ether oxygens (including phenoxy) is 1. The van der Waals surface area contributed by atoms with E-state index in [1.54, 1.807) is 0 Å². The average Bonchev–Trinajstić information content (AvgIpc) is 2.30. The predicted octanol–water partition coefficient (Wildman–Crippen LogP) is -1.57. The summed E-state index contributed by atoms with van der Waals surface area (Å²) in [4.78, 5) is 32.3. The molecule has 0 unspecified atom stereocenters. The van der Waals surface area contributed by atoms with Crippen LogP contribution in [0.1, 0.15) is 0 Å². The molecule has 0 heterocycles. The van der Waals surface area contributed by atoms with Gasteiger partial charge in [-0.25, -0.2) is 4.79 Å². The molecule has 0 aromatic heterocycles. The number of hydrogen-bond acceptors (Lipinski definition) is 5. The van der Waals surface area contributed by atoms with E-state index in [0.29, 0.717) is 0 Å². The number of carboxylic acid groups (broad SMARTS) is 1. The molecule has 0 aliphatic carbocycles. The lowest BCUT2D eigenvalue weighted by Gasteiger charge is -2.09. The maximum absolute atomic E-state index is 11.1. The van der Waals surface area contributed by atoms with Crippen molar-refractivity contribution in [3.8, 4) is 0 Å². The molecule has 0 saturated heterocycles. The third-order valence-corrected chi connectivity index (χ3v) is 1.56. The minimum atomic E-state index is -1.22. The lowest BCUT2D eigenvalue weighted by atomic mass is 10.3. The normalized spacial score (nSPS) is 11.1. The fourth-order valence-corrected chi connectivity index (χ4v) is 0.712. The highest BCUT2D eigenvalue weighted by atomic mass is 16.5. The van der Waals surface area contributed by atoms with Crippen LogP contribution < -0.4 is 16.4 Å². The Kier molecular flexibility index (Phi) is 7.11. The number of amides is 2. The molecule has 0 radical (unpaired) electrons. The predicted molar refractivity (Wildman–Crippen MR) is 58.2 cm³/mol. The second-order valence-corrected chi connectivity index (χ2v) is 2.99. The first kappa shape index (κ1) is 14.9. The second kappa shape index (κ2) is 8.11. The summed E-state index contributed by atoms with van der Waals surface area (Å²) in [5.74, 6) is -1.78. The van der Waals surface area contributed by atoms with Crippen LogP contribution in [0.2, 0.25) is 0 Å². The summed E-state index contributed by atoms with van der Waals surface area (Å²) in [5.41, 5.74) is 5.15. The van der Waals surface area contributed by atoms with Crippen molar-refractivity contribution in [1.82, 2.24) is 10.6 Å². The number of carboxylic acids is 1. The molecule has 17 heavy (non-hydrogen) atoms. The van der Waals surface area contributed by atoms with E-state index < -0.39 is 24.0 Å². The molecule has 1 atom stereocenters. The summed E-state index contributed by atoms with van der Waals surface area (Å²) in [7, 11) is 0. The van der Waals surface area contributed by atoms with Gasteiger partial charge in [-0.3, -0.25) is 9.59 Å². The Morgan fingerprint density at radius 2 is 2.06 bits per heavy atom. The van der Waals surface area contributed by atoms with Gasteiger partial charge < -0.3 is 26.2 Å². The van der Waals surface area contributed by atoms with E-state index >= 15 is 0 Å². The molecule has 0 bridgehead atoms. The van der Waals surface area contributed by atoms with Crippen molar-refractivity contribution in [3.05, 3.63) is 12.7 Å². The van der Waals surface area contributed by atoms with Gasteiger partial charge in [0, 0.05) is 6.54 Å². The summed E-state index contributed by atoms with van der Waals surface area (Å²) >= 11 is 0. The minimum Gasteiger partial charge on any atom is -0.480 e. The van der Waals surface area contributed by atoms with Crippen molar-refractivity contribution in [1.29, 1.82) is 0 Å². The Bertz CT molecular complexity index is 305. The fraction of sp³-hybridized carbons (Fsp3) is 0.444. The van der Waals surface area contributed by atoms with Crippen LogP contribution >= 0.6 is 0 Å². The van der Waals surface area contributed by atoms with Crippen LogP contribution in [0, 0.1) is 0 Å². The minimum absolute atomic E-state index is 0.0390. The fourth-order valence-electron chi connectivity index (χ4n) is 0.712. The number of carbonyl (C=O) groups is 3. The molecule has 96 valence electrons. The van der Waals surface area contributed by atoms with Gasteiger partial charge in [0.25, 0.3) is 0 Å². The number of rotatable bonds is 7. The zero-order chi connectivity index (χ0) is 13.3. The molecule has 0 saturated carbocycles. The van der Waals surface area contributed by atoms with Crippen molar-refractivity contribution in [2.24, 2.45) is 5.73 Å². The smallest absolute Gasteiger partial charge is 0.407 e. The SMILES string of the molecule is C=CCOC(=O)NCC(=O)NC[C@H](N)C(=O)O. The van der Waals surface area contributed by atoms with Crippen molar-refractivity contribution < 1.29 is 24.2 Å². The van der Waals surface area contributed by atoms with E-state index in [9.17, 15) is 14.4 Å². The van der Waals surface area contributed by atoms with Gasteiger partial charge >= 0.3 is 12.1 Å². The highest BCUT2D eigenvalue weighted by molar-refractivity contribution is 5.83. The van der Waals surface area contributed by atoms with E-state index in [2.05, 4.69) is 21.9 Å². The van der Waals surface area contributed by atoms with E-state index in [1.165, 1.54) is 6.08 Å². The van der Waals surface area contributed by atoms with Gasteiger partial charge in [-0.05, 0) is 0 Å². The third kappa shape index (κ3) is 7.79. The average molecular weight is 245 g/mol. The first-order chi connectivity index (χ1) is 7.97. The van der Waals surface area contributed by atoms with Gasteiger partial charge in [0.2, 0.25) is 5.91 Å². The van der Waals surface area contributed by atoms with E-state index in [0.717, 1.165) is 0 Å². The van der Waals surface area contributed by atoms with Crippen LogP contribution in [0.3, 0.4) is 0 Å². The molecule has 8 nitrogen and oxygen atoms in total. The third-order valence-electron chi connectivity index (χ3n) is 1.56. The van der Waals surface area contributed by atoms with Crippen molar-refractivity contribution in [2.45, 2.75) is 6.04 Å². The molecule has 0 aliphatic heterocycles. The van der Waals surface area contributed by atoms with Gasteiger partial charge in [-0.15, -0.1) is 0 Å². The van der Waals surface area contributed by atoms with Crippen LogP contribution in [0.4, 0.5) is 4.79 Å². The number of nitrogens with one attached hydrogen (secondary N) is 2. The van der Waals surface area contributed by atoms with E-state index in [1.807, 2.05) is 0 Å². The second-order valence-electron chi connectivity index (χ2n) is 2.99. The molecule has 8 heteroatoms. The van der Waals surface area contributed by atoms with Gasteiger partial charge in [0.1, 0.15) is 12.6 Å². The summed E-state index contributed by atoms with van der Waals surface area (Å²) in [6, 6.07) is -1.17. The van der Waals surface area contributed by atoms with Crippen molar-refractivity contribution in [2.75, 3.05) is 19.7 Å². The quantitative estimate of drug-likeness (QED) is 0.401. The highest BCUT2D eigenvalue weighted by Crippen LogP contribution is 1.79. The largest absolute Gasteiger partial charge is 0.480 e. The van der Waals surface area contributed by atoms with Gasteiger partial charge in [-0.2, -0.15) is 0 Å². The Morgan fingerprint density at radius 1 is 1.41 bits per heavy atom. The Labute approximate surface area is 97.8 Å². The summed E-state index contributed by atoms with van der Waals surface area (Å²) in [6.07, 6.45) is 0.619. The van der Waals surface area contributed by atoms with E-state index in [4.69, 9.17) is 10.8 Å². The number of aliphatic carboxylic acids is 1. The highest BCUT2D eigenvalue weighted by Gasteiger charge is 2.12. The number of alkyl carbamates (subject to hydrolysis) is 1. The van der Waals surface area contributed by atoms with Gasteiger partial charge in [0.05, 0.1) is 6.54 Å². The van der Waals surface area contributed by atoms with Crippen molar-refractivity contribution >= 4 is 18.0 Å². The standard InChI is InChI=1S/C9H15N3O5/c1-2-3-17-9(16)12-5-7(13)11-4-6(10)8(14)15/h2,6H,1,3-5,10H2,(H,11,13)(H,12,16)(H,14,15)/t6-/m0/s1. The zero-order valence-corrected chi connectivity index (χ0v) is 9.14. The molecule has 5 N–H and O–H groups in total. The number of nitrogens with two attached hydrogens (primary N) is 1. The maximum Gasteiger partial charge on any atom is 0.407 e. The molecule has 0 spiro atoms. The van der Waals surface area contributed by atoms with Crippen LogP contribution in [-0.2, 0) is 14.3 Å². The topological polar surface area (TPSA) is 131 Å². The van der Waals surface area contributed by atoms with Crippen LogP contribution in [0.25, 0.3) is 0 Å². The molecule has 2 amide bonds. The molecule has 0 rings (SSSR count). The lowest BCUT2D eigenvalue weighted by Crippen LogP contribution is -2.45. The van der Waals surface area contributed by atoms with E-state index in [-0.39, 0.29) is 19.7 Å². The molecule has 0 aliphatic rings. The molecule has 0 aromatic rings. The summed E-state index contributed by atoms with van der Waals surface area (Å²) in [5, 5.41) is 12.8. The van der Waals surface area contributed by atoms with Crippen LogP contribution in [0.15, 0.2) is 12.7 Å². The summed E-state index contributed by atoms with van der Waals surface area (Å²) in [6.45, 7) is 2.85.